The Morgan fingerprint density at radius 2 is 2.14 bits per heavy atom. The molecular formula is C15H24N4O2S. The van der Waals surface area contributed by atoms with E-state index in [1.807, 2.05) is 13.0 Å². The predicted octanol–water partition coefficient (Wildman–Crippen LogP) is 1.06. The monoisotopic (exact) mass is 324 g/mol. The molecule has 3 N–H and O–H groups in total. The van der Waals surface area contributed by atoms with E-state index in [2.05, 4.69) is 27.3 Å². The second-order valence-corrected chi connectivity index (χ2v) is 7.40. The highest BCUT2D eigenvalue weighted by atomic mass is 32.2. The fourth-order valence-corrected chi connectivity index (χ4v) is 2.92. The van der Waals surface area contributed by atoms with Gasteiger partial charge in [-0.05, 0) is 44.0 Å². The molecule has 2 rings (SSSR count). The normalized spacial score (nSPS) is 21.5. The van der Waals surface area contributed by atoms with Crippen molar-refractivity contribution in [1.82, 2.24) is 15.4 Å². The molecule has 0 bridgehead atoms. The maximum Gasteiger partial charge on any atom is 0.240 e. The van der Waals surface area contributed by atoms with Gasteiger partial charge in [-0.1, -0.05) is 19.1 Å². The van der Waals surface area contributed by atoms with Gasteiger partial charge in [0.2, 0.25) is 10.0 Å². The first kappa shape index (κ1) is 16.8. The number of guanidine groups is 1. The Balaban J connectivity index is 2.08. The first-order valence-corrected chi connectivity index (χ1v) is 9.02. The highest BCUT2D eigenvalue weighted by Crippen LogP contribution is 2.28. The largest absolute Gasteiger partial charge is 0.357 e. The summed E-state index contributed by atoms with van der Waals surface area (Å²) in [7, 11) is -2.01. The van der Waals surface area contributed by atoms with Gasteiger partial charge < -0.3 is 10.6 Å². The molecule has 1 aromatic rings. The highest BCUT2D eigenvalue weighted by molar-refractivity contribution is 7.89. The van der Waals surface area contributed by atoms with Gasteiger partial charge in [0.25, 0.3) is 0 Å². The fraction of sp³-hybridized carbons (Fsp3) is 0.533. The van der Waals surface area contributed by atoms with E-state index in [1.54, 1.807) is 18.2 Å². The van der Waals surface area contributed by atoms with E-state index in [9.17, 15) is 8.42 Å². The van der Waals surface area contributed by atoms with Crippen molar-refractivity contribution >= 4 is 16.0 Å². The number of hydrogen-bond acceptors (Lipinski definition) is 3. The van der Waals surface area contributed by atoms with E-state index in [0.29, 0.717) is 18.5 Å². The van der Waals surface area contributed by atoms with Gasteiger partial charge in [0, 0.05) is 12.6 Å². The Kier molecular flexibility index (Phi) is 5.42. The van der Waals surface area contributed by atoms with Gasteiger partial charge in [0.15, 0.2) is 5.96 Å². The lowest BCUT2D eigenvalue weighted by Crippen LogP contribution is -2.39. The van der Waals surface area contributed by atoms with Crippen LogP contribution in [0.5, 0.6) is 0 Å². The van der Waals surface area contributed by atoms with Gasteiger partial charge >= 0.3 is 0 Å². The topological polar surface area (TPSA) is 82.6 Å². The Labute approximate surface area is 132 Å². The molecule has 2 unspecified atom stereocenters. The lowest BCUT2D eigenvalue weighted by molar-refractivity contribution is 0.588. The SMILES string of the molecule is CCNC(=NCc1cccc(S(=O)(=O)NC)c1)NC1CC1C. The van der Waals surface area contributed by atoms with Crippen LogP contribution in [0.2, 0.25) is 0 Å². The summed E-state index contributed by atoms with van der Waals surface area (Å²) in [6, 6.07) is 7.33. The van der Waals surface area contributed by atoms with Gasteiger partial charge in [0.05, 0.1) is 11.4 Å². The van der Waals surface area contributed by atoms with Crippen molar-refractivity contribution in [2.75, 3.05) is 13.6 Å². The minimum absolute atomic E-state index is 0.261. The quantitative estimate of drug-likeness (QED) is 0.540. The molecule has 122 valence electrons. The van der Waals surface area contributed by atoms with Crippen molar-refractivity contribution in [1.29, 1.82) is 0 Å². The molecule has 0 spiro atoms. The van der Waals surface area contributed by atoms with Gasteiger partial charge in [0.1, 0.15) is 0 Å². The van der Waals surface area contributed by atoms with Crippen LogP contribution in [-0.2, 0) is 16.6 Å². The molecule has 22 heavy (non-hydrogen) atoms. The summed E-state index contributed by atoms with van der Waals surface area (Å²) in [4.78, 5) is 4.79. The van der Waals surface area contributed by atoms with E-state index in [0.717, 1.165) is 18.1 Å². The lowest BCUT2D eigenvalue weighted by atomic mass is 10.2. The van der Waals surface area contributed by atoms with Crippen LogP contribution < -0.4 is 15.4 Å². The van der Waals surface area contributed by atoms with Crippen molar-refractivity contribution in [2.45, 2.75) is 37.8 Å². The van der Waals surface area contributed by atoms with Crippen LogP contribution in [0.15, 0.2) is 34.2 Å². The number of nitrogens with zero attached hydrogens (tertiary/aromatic N) is 1. The average Bonchev–Trinajstić information content (AvgIpc) is 3.20. The fourth-order valence-electron chi connectivity index (χ4n) is 2.12. The van der Waals surface area contributed by atoms with E-state index in [1.165, 1.54) is 13.5 Å². The number of hydrogen-bond donors (Lipinski definition) is 3. The molecule has 7 heteroatoms. The van der Waals surface area contributed by atoms with Crippen LogP contribution in [-0.4, -0.2) is 34.0 Å². The summed E-state index contributed by atoms with van der Waals surface area (Å²) < 4.78 is 25.9. The molecule has 1 fully saturated rings. The van der Waals surface area contributed by atoms with E-state index in [-0.39, 0.29) is 4.90 Å². The van der Waals surface area contributed by atoms with Crippen molar-refractivity contribution in [3.63, 3.8) is 0 Å². The number of aliphatic imine (C=N–C) groups is 1. The van der Waals surface area contributed by atoms with E-state index < -0.39 is 10.0 Å². The molecule has 1 aromatic carbocycles. The first-order chi connectivity index (χ1) is 10.5. The van der Waals surface area contributed by atoms with Crippen LogP contribution >= 0.6 is 0 Å². The molecule has 0 radical (unpaired) electrons. The zero-order valence-electron chi connectivity index (χ0n) is 13.3. The Bertz CT molecular complexity index is 643. The van der Waals surface area contributed by atoms with Gasteiger partial charge in [-0.15, -0.1) is 0 Å². The third kappa shape index (κ3) is 4.45. The molecular weight excluding hydrogens is 300 g/mol. The molecule has 1 aliphatic rings. The predicted molar refractivity (Wildman–Crippen MR) is 88.2 cm³/mol. The molecule has 2 atom stereocenters. The molecule has 0 amide bonds. The van der Waals surface area contributed by atoms with Crippen molar-refractivity contribution in [2.24, 2.45) is 10.9 Å². The van der Waals surface area contributed by atoms with Crippen LogP contribution in [0, 0.1) is 5.92 Å². The summed E-state index contributed by atoms with van der Waals surface area (Å²) in [5.41, 5.74) is 0.859. The third-order valence-electron chi connectivity index (χ3n) is 3.67. The van der Waals surface area contributed by atoms with Crippen LogP contribution in [0.4, 0.5) is 0 Å². The van der Waals surface area contributed by atoms with Gasteiger partial charge in [-0.3, -0.25) is 0 Å². The minimum atomic E-state index is -3.42. The van der Waals surface area contributed by atoms with E-state index >= 15 is 0 Å². The summed E-state index contributed by atoms with van der Waals surface area (Å²) in [6.45, 7) is 5.45. The maximum atomic E-state index is 11.8. The summed E-state index contributed by atoms with van der Waals surface area (Å²) >= 11 is 0. The molecule has 1 aliphatic carbocycles. The number of benzene rings is 1. The highest BCUT2D eigenvalue weighted by Gasteiger charge is 2.33. The second-order valence-electron chi connectivity index (χ2n) is 5.51. The summed E-state index contributed by atoms with van der Waals surface area (Å²) in [6.07, 6.45) is 1.17. The number of sulfonamides is 1. The first-order valence-electron chi connectivity index (χ1n) is 7.53. The smallest absolute Gasteiger partial charge is 0.240 e. The van der Waals surface area contributed by atoms with E-state index in [4.69, 9.17) is 0 Å². The Morgan fingerprint density at radius 3 is 2.73 bits per heavy atom. The number of nitrogens with one attached hydrogen (secondary N) is 3. The lowest BCUT2D eigenvalue weighted by Gasteiger charge is -2.11. The maximum absolute atomic E-state index is 11.8. The summed E-state index contributed by atoms with van der Waals surface area (Å²) in [5, 5.41) is 6.59. The molecule has 0 heterocycles. The van der Waals surface area contributed by atoms with Crippen molar-refractivity contribution in [3.05, 3.63) is 29.8 Å². The molecule has 0 saturated heterocycles. The van der Waals surface area contributed by atoms with Crippen molar-refractivity contribution < 1.29 is 8.42 Å². The summed E-state index contributed by atoms with van der Waals surface area (Å²) in [5.74, 6) is 1.46. The molecule has 0 aromatic heterocycles. The molecule has 1 saturated carbocycles. The third-order valence-corrected chi connectivity index (χ3v) is 5.09. The van der Waals surface area contributed by atoms with Crippen LogP contribution in [0.3, 0.4) is 0 Å². The van der Waals surface area contributed by atoms with Crippen molar-refractivity contribution in [3.8, 4) is 0 Å². The zero-order chi connectivity index (χ0) is 16.2. The molecule has 6 nitrogen and oxygen atoms in total. The van der Waals surface area contributed by atoms with Gasteiger partial charge in [-0.2, -0.15) is 0 Å². The van der Waals surface area contributed by atoms with Crippen LogP contribution in [0.1, 0.15) is 25.8 Å². The number of rotatable bonds is 6. The van der Waals surface area contributed by atoms with Gasteiger partial charge in [-0.25, -0.2) is 18.1 Å². The van der Waals surface area contributed by atoms with Crippen LogP contribution in [0.25, 0.3) is 0 Å². The Morgan fingerprint density at radius 1 is 1.41 bits per heavy atom. The zero-order valence-corrected chi connectivity index (χ0v) is 14.1. The molecule has 0 aliphatic heterocycles. The average molecular weight is 324 g/mol. The standard InChI is InChI=1S/C15H24N4O2S/c1-4-17-15(19-14-8-11(14)2)18-10-12-6-5-7-13(9-12)22(20,21)16-3/h5-7,9,11,14,16H,4,8,10H2,1-3H3,(H2,17,18,19). The second kappa shape index (κ2) is 7.11. The Hall–Kier alpha value is -1.60. The minimum Gasteiger partial charge on any atom is -0.357 e.